The predicted molar refractivity (Wildman–Crippen MR) is 71.5 cm³/mol. The number of hydrogen-bond donors (Lipinski definition) is 1. The quantitative estimate of drug-likeness (QED) is 0.885. The van der Waals surface area contributed by atoms with Crippen molar-refractivity contribution in [2.75, 3.05) is 20.1 Å². The fourth-order valence-electron chi connectivity index (χ4n) is 2.44. The van der Waals surface area contributed by atoms with Crippen LogP contribution in [0.25, 0.3) is 0 Å². The van der Waals surface area contributed by atoms with Crippen molar-refractivity contribution in [2.24, 2.45) is 0 Å². The Kier molecular flexibility index (Phi) is 4.31. The summed E-state index contributed by atoms with van der Waals surface area (Å²) < 4.78 is 0. The average Bonchev–Trinajstić information content (AvgIpc) is 2.82. The van der Waals surface area contributed by atoms with E-state index in [4.69, 9.17) is 0 Å². The molecule has 1 saturated heterocycles. The topological polar surface area (TPSA) is 45.2 Å². The van der Waals surface area contributed by atoms with Crippen LogP contribution in [0.3, 0.4) is 0 Å². The minimum Gasteiger partial charge on any atom is -0.351 e. The summed E-state index contributed by atoms with van der Waals surface area (Å²) in [6.07, 6.45) is 5.07. The van der Waals surface area contributed by atoms with Gasteiger partial charge in [0.25, 0.3) is 5.91 Å². The first-order valence-corrected chi connectivity index (χ1v) is 6.66. The zero-order chi connectivity index (χ0) is 13.0. The molecule has 1 aliphatic rings. The Morgan fingerprint density at radius 2 is 2.44 bits per heavy atom. The molecule has 1 unspecified atom stereocenters. The number of amides is 1. The molecule has 4 nitrogen and oxygen atoms in total. The van der Waals surface area contributed by atoms with E-state index in [0.29, 0.717) is 18.3 Å². The molecule has 0 aliphatic carbocycles. The van der Waals surface area contributed by atoms with Crippen LogP contribution in [0.2, 0.25) is 0 Å². The maximum Gasteiger partial charge on any atom is 0.269 e. The summed E-state index contributed by atoms with van der Waals surface area (Å²) in [5, 5.41) is 2.86. The van der Waals surface area contributed by atoms with Gasteiger partial charge in [-0.1, -0.05) is 6.92 Å². The summed E-state index contributed by atoms with van der Waals surface area (Å²) in [5.74, 6) is -0.0700. The standard InChI is InChI=1S/C14H21N3O/c1-3-7-16-14(18)12-10-11(6-8-15-12)13-5-4-9-17(13)2/h6,8,10,13H,3-5,7,9H2,1-2H3,(H,16,18). The third-order valence-corrected chi connectivity index (χ3v) is 3.46. The van der Waals surface area contributed by atoms with E-state index < -0.39 is 0 Å². The van der Waals surface area contributed by atoms with Crippen molar-refractivity contribution in [2.45, 2.75) is 32.2 Å². The van der Waals surface area contributed by atoms with Crippen LogP contribution in [0.1, 0.15) is 48.3 Å². The summed E-state index contributed by atoms with van der Waals surface area (Å²) in [6.45, 7) is 3.87. The van der Waals surface area contributed by atoms with Crippen molar-refractivity contribution in [3.8, 4) is 0 Å². The van der Waals surface area contributed by atoms with Crippen molar-refractivity contribution in [1.82, 2.24) is 15.2 Å². The molecular weight excluding hydrogens is 226 g/mol. The fourth-order valence-corrected chi connectivity index (χ4v) is 2.44. The number of aromatic nitrogens is 1. The molecule has 18 heavy (non-hydrogen) atoms. The molecule has 1 aromatic rings. The minimum absolute atomic E-state index is 0.0700. The second-order valence-electron chi connectivity index (χ2n) is 4.87. The summed E-state index contributed by atoms with van der Waals surface area (Å²) in [4.78, 5) is 18.4. The lowest BCUT2D eigenvalue weighted by molar-refractivity contribution is 0.0948. The van der Waals surface area contributed by atoms with E-state index in [9.17, 15) is 4.79 Å². The van der Waals surface area contributed by atoms with Gasteiger partial charge in [0.1, 0.15) is 5.69 Å². The van der Waals surface area contributed by atoms with Gasteiger partial charge in [0.15, 0.2) is 0 Å². The molecule has 0 saturated carbocycles. The lowest BCUT2D eigenvalue weighted by atomic mass is 10.1. The monoisotopic (exact) mass is 247 g/mol. The number of rotatable bonds is 4. The molecule has 1 N–H and O–H groups in total. The molecule has 1 amide bonds. The molecule has 1 atom stereocenters. The van der Waals surface area contributed by atoms with Gasteiger partial charge in [-0.15, -0.1) is 0 Å². The largest absolute Gasteiger partial charge is 0.351 e. The summed E-state index contributed by atoms with van der Waals surface area (Å²) >= 11 is 0. The Bertz CT molecular complexity index is 419. The van der Waals surface area contributed by atoms with Gasteiger partial charge < -0.3 is 5.32 Å². The molecule has 4 heteroatoms. The number of hydrogen-bond acceptors (Lipinski definition) is 3. The Hall–Kier alpha value is -1.42. The number of carbonyl (C=O) groups excluding carboxylic acids is 1. The van der Waals surface area contributed by atoms with E-state index in [1.165, 1.54) is 12.0 Å². The third-order valence-electron chi connectivity index (χ3n) is 3.46. The van der Waals surface area contributed by atoms with Crippen LogP contribution in [0, 0.1) is 0 Å². The maximum absolute atomic E-state index is 11.9. The highest BCUT2D eigenvalue weighted by Gasteiger charge is 2.23. The summed E-state index contributed by atoms with van der Waals surface area (Å²) in [5.41, 5.74) is 1.73. The van der Waals surface area contributed by atoms with E-state index in [2.05, 4.69) is 22.2 Å². The number of likely N-dealkylation sites (tertiary alicyclic amines) is 1. The number of nitrogens with one attached hydrogen (secondary N) is 1. The molecular formula is C14H21N3O. The molecule has 0 radical (unpaired) electrons. The average molecular weight is 247 g/mol. The first-order chi connectivity index (χ1) is 8.72. The van der Waals surface area contributed by atoms with Gasteiger partial charge in [0.2, 0.25) is 0 Å². The highest BCUT2D eigenvalue weighted by atomic mass is 16.1. The van der Waals surface area contributed by atoms with Gasteiger partial charge in [0, 0.05) is 18.8 Å². The van der Waals surface area contributed by atoms with Crippen molar-refractivity contribution in [3.05, 3.63) is 29.6 Å². The molecule has 2 rings (SSSR count). The number of nitrogens with zero attached hydrogens (tertiary/aromatic N) is 2. The second-order valence-corrected chi connectivity index (χ2v) is 4.87. The van der Waals surface area contributed by atoms with Gasteiger partial charge in [0.05, 0.1) is 0 Å². The van der Waals surface area contributed by atoms with Crippen molar-refractivity contribution in [3.63, 3.8) is 0 Å². The lowest BCUT2D eigenvalue weighted by Gasteiger charge is -2.19. The second kappa shape index (κ2) is 5.96. The highest BCUT2D eigenvalue weighted by Crippen LogP contribution is 2.30. The number of pyridine rings is 1. The third kappa shape index (κ3) is 2.88. The maximum atomic E-state index is 11.9. The molecule has 0 aromatic carbocycles. The molecule has 1 aromatic heterocycles. The zero-order valence-electron chi connectivity index (χ0n) is 11.1. The lowest BCUT2D eigenvalue weighted by Crippen LogP contribution is -2.25. The Morgan fingerprint density at radius 1 is 1.61 bits per heavy atom. The van der Waals surface area contributed by atoms with E-state index in [0.717, 1.165) is 19.4 Å². The first-order valence-electron chi connectivity index (χ1n) is 6.66. The Morgan fingerprint density at radius 3 is 3.11 bits per heavy atom. The van der Waals surface area contributed by atoms with Crippen molar-refractivity contribution >= 4 is 5.91 Å². The molecule has 0 bridgehead atoms. The van der Waals surface area contributed by atoms with E-state index in [1.807, 2.05) is 19.1 Å². The van der Waals surface area contributed by atoms with Gasteiger partial charge in [-0.05, 0) is 50.6 Å². The SMILES string of the molecule is CCCNC(=O)c1cc(C2CCCN2C)ccn1. The van der Waals surface area contributed by atoms with E-state index in [-0.39, 0.29) is 5.91 Å². The van der Waals surface area contributed by atoms with Crippen LogP contribution in [0.15, 0.2) is 18.3 Å². The molecule has 98 valence electrons. The highest BCUT2D eigenvalue weighted by molar-refractivity contribution is 5.92. The first kappa shape index (κ1) is 13.0. The molecule has 2 heterocycles. The zero-order valence-corrected chi connectivity index (χ0v) is 11.1. The summed E-state index contributed by atoms with van der Waals surface area (Å²) in [6, 6.07) is 4.38. The summed E-state index contributed by atoms with van der Waals surface area (Å²) in [7, 11) is 2.13. The Labute approximate surface area is 108 Å². The van der Waals surface area contributed by atoms with Crippen LogP contribution in [0.5, 0.6) is 0 Å². The van der Waals surface area contributed by atoms with Gasteiger partial charge in [-0.2, -0.15) is 0 Å². The normalized spacial score (nSPS) is 20.0. The van der Waals surface area contributed by atoms with Crippen molar-refractivity contribution < 1.29 is 4.79 Å². The molecule has 1 fully saturated rings. The van der Waals surface area contributed by atoms with Gasteiger partial charge >= 0.3 is 0 Å². The van der Waals surface area contributed by atoms with Crippen LogP contribution in [-0.2, 0) is 0 Å². The Balaban J connectivity index is 2.12. The van der Waals surface area contributed by atoms with Crippen molar-refractivity contribution in [1.29, 1.82) is 0 Å². The minimum atomic E-state index is -0.0700. The van der Waals surface area contributed by atoms with Gasteiger partial charge in [-0.3, -0.25) is 14.7 Å². The number of carbonyl (C=O) groups is 1. The van der Waals surface area contributed by atoms with Crippen LogP contribution >= 0.6 is 0 Å². The molecule has 0 spiro atoms. The van der Waals surface area contributed by atoms with Crippen LogP contribution in [0.4, 0.5) is 0 Å². The van der Waals surface area contributed by atoms with Gasteiger partial charge in [-0.25, -0.2) is 0 Å². The van der Waals surface area contributed by atoms with E-state index >= 15 is 0 Å². The van der Waals surface area contributed by atoms with E-state index in [1.54, 1.807) is 6.20 Å². The fraction of sp³-hybridized carbons (Fsp3) is 0.571. The molecule has 1 aliphatic heterocycles. The van der Waals surface area contributed by atoms with Crippen LogP contribution in [-0.4, -0.2) is 35.9 Å². The predicted octanol–water partition coefficient (Wildman–Crippen LogP) is 1.99. The van der Waals surface area contributed by atoms with Crippen LogP contribution < -0.4 is 5.32 Å². The smallest absolute Gasteiger partial charge is 0.269 e.